The minimum atomic E-state index is 0.150. The van der Waals surface area contributed by atoms with Crippen LogP contribution in [0.2, 0.25) is 0 Å². The van der Waals surface area contributed by atoms with Gasteiger partial charge < -0.3 is 9.47 Å². The monoisotopic (exact) mass is 387 g/mol. The van der Waals surface area contributed by atoms with E-state index in [9.17, 15) is 0 Å². The molecule has 0 spiro atoms. The van der Waals surface area contributed by atoms with E-state index < -0.39 is 0 Å². The largest absolute Gasteiger partial charge is 0.491 e. The van der Waals surface area contributed by atoms with E-state index in [-0.39, 0.29) is 12.2 Å². The first-order valence-corrected chi connectivity index (χ1v) is 9.88. The number of hydrogen-bond acceptors (Lipinski definition) is 4. The molecule has 5 heteroatoms. The van der Waals surface area contributed by atoms with E-state index in [1.165, 1.54) is 0 Å². The third-order valence-corrected chi connectivity index (χ3v) is 4.40. The average Bonchev–Trinajstić information content (AvgIpc) is 3.11. The maximum atomic E-state index is 5.73. The Morgan fingerprint density at radius 1 is 0.724 bits per heavy atom. The van der Waals surface area contributed by atoms with E-state index in [1.807, 2.05) is 92.9 Å². The fourth-order valence-electron chi connectivity index (χ4n) is 3.18. The van der Waals surface area contributed by atoms with E-state index in [0.29, 0.717) is 0 Å². The summed E-state index contributed by atoms with van der Waals surface area (Å²) in [6.07, 6.45) is 2.11. The molecular formula is C24H25N3O2. The fourth-order valence-corrected chi connectivity index (χ4v) is 3.18. The summed E-state index contributed by atoms with van der Waals surface area (Å²) >= 11 is 0. The second-order valence-corrected chi connectivity index (χ2v) is 7.51. The molecule has 0 N–H and O–H groups in total. The molecule has 2 aromatic carbocycles. The molecule has 0 unspecified atom stereocenters. The summed E-state index contributed by atoms with van der Waals surface area (Å²) in [6.45, 7) is 8.08. The Hall–Kier alpha value is -3.34. The second-order valence-electron chi connectivity index (χ2n) is 7.51. The highest BCUT2D eigenvalue weighted by molar-refractivity contribution is 5.77. The van der Waals surface area contributed by atoms with Gasteiger partial charge in [0, 0.05) is 11.3 Å². The van der Waals surface area contributed by atoms with Gasteiger partial charge in [0.05, 0.1) is 17.9 Å². The van der Waals surface area contributed by atoms with Crippen LogP contribution in [0.1, 0.15) is 27.7 Å². The van der Waals surface area contributed by atoms with Crippen molar-refractivity contribution in [1.82, 2.24) is 14.5 Å². The van der Waals surface area contributed by atoms with E-state index in [4.69, 9.17) is 14.5 Å². The van der Waals surface area contributed by atoms with Gasteiger partial charge in [0.15, 0.2) is 5.65 Å². The van der Waals surface area contributed by atoms with Crippen LogP contribution >= 0.6 is 0 Å². The average molecular weight is 387 g/mol. The van der Waals surface area contributed by atoms with Crippen molar-refractivity contribution in [3.8, 4) is 28.4 Å². The first-order valence-electron chi connectivity index (χ1n) is 9.88. The molecular weight excluding hydrogens is 362 g/mol. The quantitative estimate of drug-likeness (QED) is 0.428. The highest BCUT2D eigenvalue weighted by Crippen LogP contribution is 2.25. The minimum Gasteiger partial charge on any atom is -0.491 e. The van der Waals surface area contributed by atoms with Gasteiger partial charge in [0.1, 0.15) is 23.3 Å². The Morgan fingerprint density at radius 3 is 1.90 bits per heavy atom. The Morgan fingerprint density at radius 2 is 1.31 bits per heavy atom. The zero-order valence-corrected chi connectivity index (χ0v) is 17.2. The summed E-state index contributed by atoms with van der Waals surface area (Å²) in [7, 11) is 0. The van der Waals surface area contributed by atoms with Crippen molar-refractivity contribution < 1.29 is 9.47 Å². The number of imidazole rings is 1. The molecule has 0 saturated carbocycles. The number of pyridine rings is 1. The molecule has 4 rings (SSSR count). The SMILES string of the molecule is CC(C)Oc1ccc(-c2ccc3ncn(-c4ccc(OC(C)C)cc4)c3n2)cc1. The van der Waals surface area contributed by atoms with Gasteiger partial charge in [0.2, 0.25) is 0 Å². The van der Waals surface area contributed by atoms with Crippen molar-refractivity contribution in [2.75, 3.05) is 0 Å². The standard InChI is InChI=1S/C24H25N3O2/c1-16(2)28-20-9-5-18(6-10-20)22-13-14-23-24(26-22)27(15-25-23)19-7-11-21(12-8-19)29-17(3)4/h5-17H,1-4H3. The lowest BCUT2D eigenvalue weighted by Gasteiger charge is -2.11. The van der Waals surface area contributed by atoms with Gasteiger partial charge in [0.25, 0.3) is 0 Å². The fraction of sp³-hybridized carbons (Fsp3) is 0.250. The first-order chi connectivity index (χ1) is 14.0. The summed E-state index contributed by atoms with van der Waals surface area (Å²) in [6, 6.07) is 20.0. The number of rotatable bonds is 6. The van der Waals surface area contributed by atoms with Crippen molar-refractivity contribution in [2.24, 2.45) is 0 Å². The van der Waals surface area contributed by atoms with Crippen LogP contribution in [0.15, 0.2) is 67.0 Å². The molecule has 5 nitrogen and oxygen atoms in total. The van der Waals surface area contributed by atoms with Crippen molar-refractivity contribution in [1.29, 1.82) is 0 Å². The van der Waals surface area contributed by atoms with E-state index in [0.717, 1.165) is 39.6 Å². The van der Waals surface area contributed by atoms with Crippen molar-refractivity contribution in [3.63, 3.8) is 0 Å². The van der Waals surface area contributed by atoms with Crippen molar-refractivity contribution >= 4 is 11.2 Å². The van der Waals surface area contributed by atoms with Crippen LogP contribution in [0, 0.1) is 0 Å². The normalized spacial score (nSPS) is 11.4. The summed E-state index contributed by atoms with van der Waals surface area (Å²) < 4.78 is 13.5. The summed E-state index contributed by atoms with van der Waals surface area (Å²) in [5.74, 6) is 1.71. The molecule has 148 valence electrons. The smallest absolute Gasteiger partial charge is 0.165 e. The lowest BCUT2D eigenvalue weighted by atomic mass is 10.1. The molecule has 4 aromatic rings. The molecule has 29 heavy (non-hydrogen) atoms. The van der Waals surface area contributed by atoms with Crippen LogP contribution in [0.5, 0.6) is 11.5 Å². The number of benzene rings is 2. The molecule has 2 aromatic heterocycles. The molecule has 0 bridgehead atoms. The summed E-state index contributed by atoms with van der Waals surface area (Å²) in [4.78, 5) is 9.37. The van der Waals surface area contributed by atoms with E-state index in [2.05, 4.69) is 4.98 Å². The molecule has 0 saturated heterocycles. The zero-order chi connectivity index (χ0) is 20.4. The third-order valence-electron chi connectivity index (χ3n) is 4.40. The maximum Gasteiger partial charge on any atom is 0.165 e. The Labute approximate surface area is 171 Å². The topological polar surface area (TPSA) is 49.2 Å². The summed E-state index contributed by atoms with van der Waals surface area (Å²) in [5.41, 5.74) is 4.61. The van der Waals surface area contributed by atoms with Crippen LogP contribution in [0.3, 0.4) is 0 Å². The number of nitrogens with zero attached hydrogens (tertiary/aromatic N) is 3. The van der Waals surface area contributed by atoms with Gasteiger partial charge in [-0.05, 0) is 88.4 Å². The van der Waals surface area contributed by atoms with Crippen LogP contribution < -0.4 is 9.47 Å². The Balaban J connectivity index is 1.66. The highest BCUT2D eigenvalue weighted by atomic mass is 16.5. The van der Waals surface area contributed by atoms with Crippen molar-refractivity contribution in [2.45, 2.75) is 39.9 Å². The second kappa shape index (κ2) is 7.95. The lowest BCUT2D eigenvalue weighted by Crippen LogP contribution is -2.05. The number of ether oxygens (including phenoxy) is 2. The van der Waals surface area contributed by atoms with Gasteiger partial charge in [-0.1, -0.05) is 0 Å². The zero-order valence-electron chi connectivity index (χ0n) is 17.2. The minimum absolute atomic E-state index is 0.150. The lowest BCUT2D eigenvalue weighted by molar-refractivity contribution is 0.242. The maximum absolute atomic E-state index is 5.73. The van der Waals surface area contributed by atoms with Crippen molar-refractivity contribution in [3.05, 3.63) is 67.0 Å². The summed E-state index contributed by atoms with van der Waals surface area (Å²) in [5, 5.41) is 0. The van der Waals surface area contributed by atoms with Gasteiger partial charge >= 0.3 is 0 Å². The van der Waals surface area contributed by atoms with E-state index >= 15 is 0 Å². The number of hydrogen-bond donors (Lipinski definition) is 0. The van der Waals surface area contributed by atoms with Gasteiger partial charge in [-0.15, -0.1) is 0 Å². The van der Waals surface area contributed by atoms with Gasteiger partial charge in [-0.25, -0.2) is 9.97 Å². The molecule has 2 heterocycles. The molecule has 0 fully saturated rings. The molecule has 0 atom stereocenters. The van der Waals surface area contributed by atoms with Crippen LogP contribution in [0.25, 0.3) is 28.1 Å². The van der Waals surface area contributed by atoms with Gasteiger partial charge in [-0.2, -0.15) is 0 Å². The predicted molar refractivity (Wildman–Crippen MR) is 116 cm³/mol. The molecule has 0 radical (unpaired) electrons. The molecule has 0 aliphatic heterocycles. The van der Waals surface area contributed by atoms with Gasteiger partial charge in [-0.3, -0.25) is 4.57 Å². The Bertz CT molecular complexity index is 1100. The first kappa shape index (κ1) is 19.0. The molecule has 0 aliphatic rings. The Kier molecular flexibility index (Phi) is 5.21. The third kappa shape index (κ3) is 4.24. The van der Waals surface area contributed by atoms with Crippen LogP contribution in [0.4, 0.5) is 0 Å². The van der Waals surface area contributed by atoms with Crippen LogP contribution in [-0.2, 0) is 0 Å². The number of fused-ring (bicyclic) bond motifs is 1. The van der Waals surface area contributed by atoms with E-state index in [1.54, 1.807) is 6.33 Å². The highest BCUT2D eigenvalue weighted by Gasteiger charge is 2.09. The molecule has 0 amide bonds. The number of aromatic nitrogens is 3. The molecule has 0 aliphatic carbocycles. The van der Waals surface area contributed by atoms with Crippen LogP contribution in [-0.4, -0.2) is 26.7 Å². The predicted octanol–water partition coefficient (Wildman–Crippen LogP) is 5.66.